The number of hydrogen-bond acceptors (Lipinski definition) is 2. The summed E-state index contributed by atoms with van der Waals surface area (Å²) in [6, 6.07) is 16.1. The molecule has 1 aliphatic carbocycles. The standard InChI is InChI=1S/C20H23NO2/c1-15(20(22)21-14-16-8-3-2-4-9-16)23-19-13-7-11-17-10-5-6-12-18(17)19/h2-4,7-9,11,13,15H,5-6,10,12,14H2,1H3,(H,21,22)/t15-/m0/s1. The van der Waals surface area contributed by atoms with Crippen molar-refractivity contribution in [2.45, 2.75) is 45.3 Å². The molecule has 1 N–H and O–H groups in total. The van der Waals surface area contributed by atoms with Crippen LogP contribution in [0.25, 0.3) is 0 Å². The van der Waals surface area contributed by atoms with Gasteiger partial charge in [0.15, 0.2) is 6.10 Å². The summed E-state index contributed by atoms with van der Waals surface area (Å²) in [7, 11) is 0. The molecule has 0 saturated carbocycles. The van der Waals surface area contributed by atoms with Crippen LogP contribution < -0.4 is 10.1 Å². The molecule has 2 aromatic carbocycles. The highest BCUT2D eigenvalue weighted by atomic mass is 16.5. The number of ether oxygens (including phenoxy) is 1. The summed E-state index contributed by atoms with van der Waals surface area (Å²) in [4.78, 5) is 12.3. The fourth-order valence-corrected chi connectivity index (χ4v) is 3.03. The van der Waals surface area contributed by atoms with Crippen molar-refractivity contribution >= 4 is 5.91 Å². The van der Waals surface area contributed by atoms with Gasteiger partial charge in [0.2, 0.25) is 0 Å². The van der Waals surface area contributed by atoms with Gasteiger partial charge in [0, 0.05) is 6.54 Å². The van der Waals surface area contributed by atoms with E-state index in [1.807, 2.05) is 49.4 Å². The first kappa shape index (κ1) is 15.6. The molecule has 120 valence electrons. The van der Waals surface area contributed by atoms with Gasteiger partial charge in [0.1, 0.15) is 5.75 Å². The molecule has 0 radical (unpaired) electrons. The van der Waals surface area contributed by atoms with Crippen molar-refractivity contribution < 1.29 is 9.53 Å². The summed E-state index contributed by atoms with van der Waals surface area (Å²) < 4.78 is 5.95. The maximum absolute atomic E-state index is 12.3. The van der Waals surface area contributed by atoms with Crippen molar-refractivity contribution in [1.29, 1.82) is 0 Å². The summed E-state index contributed by atoms with van der Waals surface area (Å²) in [5.41, 5.74) is 3.73. The molecule has 0 spiro atoms. The number of amides is 1. The molecule has 0 heterocycles. The van der Waals surface area contributed by atoms with Crippen molar-refractivity contribution in [2.24, 2.45) is 0 Å². The van der Waals surface area contributed by atoms with Gasteiger partial charge in [0.05, 0.1) is 0 Å². The van der Waals surface area contributed by atoms with Gasteiger partial charge < -0.3 is 10.1 Å². The maximum Gasteiger partial charge on any atom is 0.261 e. The van der Waals surface area contributed by atoms with Crippen molar-refractivity contribution in [3.63, 3.8) is 0 Å². The van der Waals surface area contributed by atoms with E-state index in [9.17, 15) is 4.79 Å². The highest BCUT2D eigenvalue weighted by Gasteiger charge is 2.19. The number of hydrogen-bond donors (Lipinski definition) is 1. The van der Waals surface area contributed by atoms with Gasteiger partial charge in [-0.05, 0) is 55.4 Å². The molecule has 0 aromatic heterocycles. The third-order valence-electron chi connectivity index (χ3n) is 4.34. The average molecular weight is 309 g/mol. The molecule has 3 rings (SSSR count). The lowest BCUT2D eigenvalue weighted by Crippen LogP contribution is -2.36. The molecule has 0 unspecified atom stereocenters. The second kappa shape index (κ2) is 7.32. The molecule has 2 aromatic rings. The number of carbonyl (C=O) groups excluding carboxylic acids is 1. The quantitative estimate of drug-likeness (QED) is 0.915. The molecular formula is C20H23NO2. The Bertz CT molecular complexity index is 667. The summed E-state index contributed by atoms with van der Waals surface area (Å²) >= 11 is 0. The maximum atomic E-state index is 12.3. The smallest absolute Gasteiger partial charge is 0.261 e. The molecule has 0 saturated heterocycles. The molecule has 3 heteroatoms. The van der Waals surface area contributed by atoms with Gasteiger partial charge in [-0.25, -0.2) is 0 Å². The number of carbonyl (C=O) groups is 1. The third kappa shape index (κ3) is 3.92. The Labute approximate surface area is 137 Å². The van der Waals surface area contributed by atoms with Crippen LogP contribution in [0.4, 0.5) is 0 Å². The minimum atomic E-state index is -0.493. The van der Waals surface area contributed by atoms with E-state index in [0.29, 0.717) is 6.54 Å². The van der Waals surface area contributed by atoms with Gasteiger partial charge in [-0.2, -0.15) is 0 Å². The predicted molar refractivity (Wildman–Crippen MR) is 91.5 cm³/mol. The first-order valence-electron chi connectivity index (χ1n) is 8.33. The highest BCUT2D eigenvalue weighted by Crippen LogP contribution is 2.30. The lowest BCUT2D eigenvalue weighted by Gasteiger charge is -2.22. The van der Waals surface area contributed by atoms with Crippen LogP contribution in [0.1, 0.15) is 36.5 Å². The number of nitrogens with one attached hydrogen (secondary N) is 1. The summed E-state index contributed by atoms with van der Waals surface area (Å²) in [6.45, 7) is 2.34. The SMILES string of the molecule is C[C@H](Oc1cccc2c1CCCC2)C(=O)NCc1ccccc1. The zero-order chi connectivity index (χ0) is 16.1. The van der Waals surface area contributed by atoms with Crippen LogP contribution in [0.2, 0.25) is 0 Å². The fourth-order valence-electron chi connectivity index (χ4n) is 3.03. The van der Waals surface area contributed by atoms with Crippen molar-refractivity contribution in [2.75, 3.05) is 0 Å². The van der Waals surface area contributed by atoms with Gasteiger partial charge >= 0.3 is 0 Å². The number of aryl methyl sites for hydroxylation is 1. The molecule has 1 aliphatic rings. The minimum absolute atomic E-state index is 0.0812. The molecule has 23 heavy (non-hydrogen) atoms. The van der Waals surface area contributed by atoms with Crippen LogP contribution in [-0.4, -0.2) is 12.0 Å². The summed E-state index contributed by atoms with van der Waals surface area (Å²) in [5, 5.41) is 2.94. The Kier molecular flexibility index (Phi) is 4.96. The molecule has 0 aliphatic heterocycles. The largest absolute Gasteiger partial charge is 0.481 e. The van der Waals surface area contributed by atoms with Crippen molar-refractivity contribution in [3.05, 3.63) is 65.2 Å². The molecule has 0 bridgehead atoms. The topological polar surface area (TPSA) is 38.3 Å². The molecule has 3 nitrogen and oxygen atoms in total. The Morgan fingerprint density at radius 2 is 1.87 bits per heavy atom. The second-order valence-corrected chi connectivity index (χ2v) is 6.06. The lowest BCUT2D eigenvalue weighted by atomic mass is 9.91. The minimum Gasteiger partial charge on any atom is -0.481 e. The van der Waals surface area contributed by atoms with Crippen LogP contribution in [0.15, 0.2) is 48.5 Å². The molecule has 1 atom stereocenters. The zero-order valence-electron chi connectivity index (χ0n) is 13.5. The Morgan fingerprint density at radius 1 is 1.09 bits per heavy atom. The zero-order valence-corrected chi connectivity index (χ0v) is 13.5. The van der Waals surface area contributed by atoms with Crippen molar-refractivity contribution in [1.82, 2.24) is 5.32 Å². The monoisotopic (exact) mass is 309 g/mol. The molecule has 0 fully saturated rings. The first-order chi connectivity index (χ1) is 11.2. The van der Waals surface area contributed by atoms with E-state index in [0.717, 1.165) is 24.2 Å². The van der Waals surface area contributed by atoms with Crippen LogP contribution >= 0.6 is 0 Å². The highest BCUT2D eigenvalue weighted by molar-refractivity contribution is 5.80. The van der Waals surface area contributed by atoms with Gasteiger partial charge in [-0.3, -0.25) is 4.79 Å². The Balaban J connectivity index is 1.60. The first-order valence-corrected chi connectivity index (χ1v) is 8.33. The van der Waals surface area contributed by atoms with E-state index in [1.165, 1.54) is 24.0 Å². The Morgan fingerprint density at radius 3 is 2.70 bits per heavy atom. The van der Waals surface area contributed by atoms with Crippen LogP contribution in [0, 0.1) is 0 Å². The van der Waals surface area contributed by atoms with E-state index in [1.54, 1.807) is 0 Å². The van der Waals surface area contributed by atoms with Gasteiger partial charge in [-0.15, -0.1) is 0 Å². The summed E-state index contributed by atoms with van der Waals surface area (Å²) in [6.07, 6.45) is 4.10. The van der Waals surface area contributed by atoms with E-state index >= 15 is 0 Å². The van der Waals surface area contributed by atoms with E-state index < -0.39 is 6.10 Å². The number of rotatable bonds is 5. The molecular weight excluding hydrogens is 286 g/mol. The second-order valence-electron chi connectivity index (χ2n) is 6.06. The number of fused-ring (bicyclic) bond motifs is 1. The molecule has 1 amide bonds. The Hall–Kier alpha value is -2.29. The van der Waals surface area contributed by atoms with E-state index in [4.69, 9.17) is 4.74 Å². The summed E-state index contributed by atoms with van der Waals surface area (Å²) in [5.74, 6) is 0.784. The number of benzene rings is 2. The van der Waals surface area contributed by atoms with Crippen molar-refractivity contribution in [3.8, 4) is 5.75 Å². The van der Waals surface area contributed by atoms with Crippen LogP contribution in [0.5, 0.6) is 5.75 Å². The lowest BCUT2D eigenvalue weighted by molar-refractivity contribution is -0.127. The fraction of sp³-hybridized carbons (Fsp3) is 0.350. The normalized spacial score (nSPS) is 14.7. The van der Waals surface area contributed by atoms with Crippen LogP contribution in [-0.2, 0) is 24.2 Å². The van der Waals surface area contributed by atoms with Gasteiger partial charge in [0.25, 0.3) is 5.91 Å². The average Bonchev–Trinajstić information content (AvgIpc) is 2.61. The third-order valence-corrected chi connectivity index (χ3v) is 4.34. The van der Waals surface area contributed by atoms with Gasteiger partial charge in [-0.1, -0.05) is 42.5 Å². The van der Waals surface area contributed by atoms with Crippen LogP contribution in [0.3, 0.4) is 0 Å². The predicted octanol–water partition coefficient (Wildman–Crippen LogP) is 3.65. The van der Waals surface area contributed by atoms with E-state index in [2.05, 4.69) is 11.4 Å². The van der Waals surface area contributed by atoms with E-state index in [-0.39, 0.29) is 5.91 Å².